The predicted molar refractivity (Wildman–Crippen MR) is 77.8 cm³/mol. The van der Waals surface area contributed by atoms with Crippen LogP contribution >= 0.6 is 23.2 Å². The zero-order valence-corrected chi connectivity index (χ0v) is 11.6. The van der Waals surface area contributed by atoms with Crippen molar-refractivity contribution in [3.63, 3.8) is 0 Å². The SMILES string of the molecule is Clc1ccc(N2CC3C/C=C\CC2CN3)cc1Cl. The van der Waals surface area contributed by atoms with Crippen LogP contribution in [-0.2, 0) is 0 Å². The van der Waals surface area contributed by atoms with Crippen LogP contribution < -0.4 is 10.2 Å². The highest BCUT2D eigenvalue weighted by Crippen LogP contribution is 2.30. The van der Waals surface area contributed by atoms with Crippen LogP contribution in [0.3, 0.4) is 0 Å². The first-order chi connectivity index (χ1) is 8.74. The van der Waals surface area contributed by atoms with Crippen molar-refractivity contribution in [2.24, 2.45) is 0 Å². The molecule has 3 aliphatic heterocycles. The van der Waals surface area contributed by atoms with Gasteiger partial charge in [-0.2, -0.15) is 0 Å². The van der Waals surface area contributed by atoms with Gasteiger partial charge in [-0.1, -0.05) is 35.4 Å². The van der Waals surface area contributed by atoms with Crippen molar-refractivity contribution in [3.05, 3.63) is 40.4 Å². The molecule has 1 aromatic carbocycles. The van der Waals surface area contributed by atoms with Crippen molar-refractivity contribution in [3.8, 4) is 0 Å². The molecule has 0 aromatic heterocycles. The molecule has 2 unspecified atom stereocenters. The van der Waals surface area contributed by atoms with Crippen molar-refractivity contribution in [1.29, 1.82) is 0 Å². The summed E-state index contributed by atoms with van der Waals surface area (Å²) in [7, 11) is 0. The summed E-state index contributed by atoms with van der Waals surface area (Å²) in [4.78, 5) is 2.45. The minimum absolute atomic E-state index is 0.509. The second kappa shape index (κ2) is 5.12. The van der Waals surface area contributed by atoms with Crippen LogP contribution in [0.2, 0.25) is 10.0 Å². The van der Waals surface area contributed by atoms with E-state index in [0.717, 1.165) is 25.9 Å². The quantitative estimate of drug-likeness (QED) is 0.794. The molecule has 0 spiro atoms. The molecular weight excluding hydrogens is 267 g/mol. The third-order valence-corrected chi connectivity index (χ3v) is 4.47. The third kappa shape index (κ3) is 2.37. The molecule has 0 aliphatic carbocycles. The van der Waals surface area contributed by atoms with E-state index in [9.17, 15) is 0 Å². The van der Waals surface area contributed by atoms with Crippen LogP contribution in [0.4, 0.5) is 5.69 Å². The predicted octanol–water partition coefficient (Wildman–Crippen LogP) is 3.49. The highest BCUT2D eigenvalue weighted by Gasteiger charge is 2.28. The number of rotatable bonds is 1. The molecule has 3 heterocycles. The van der Waals surface area contributed by atoms with Gasteiger partial charge in [-0.25, -0.2) is 0 Å². The van der Waals surface area contributed by atoms with Gasteiger partial charge < -0.3 is 10.2 Å². The first-order valence-corrected chi connectivity index (χ1v) is 7.10. The summed E-state index contributed by atoms with van der Waals surface area (Å²) in [6.07, 6.45) is 6.77. The summed E-state index contributed by atoms with van der Waals surface area (Å²) in [5.74, 6) is 0. The lowest BCUT2D eigenvalue weighted by molar-refractivity contribution is 0.386. The Kier molecular flexibility index (Phi) is 3.51. The van der Waals surface area contributed by atoms with Crippen LogP contribution in [0.5, 0.6) is 0 Å². The van der Waals surface area contributed by atoms with Gasteiger partial charge in [0.1, 0.15) is 0 Å². The molecule has 2 atom stereocenters. The zero-order chi connectivity index (χ0) is 12.5. The molecule has 2 bridgehead atoms. The summed E-state index contributed by atoms with van der Waals surface area (Å²) >= 11 is 12.1. The molecular formula is C14H16Cl2N2. The molecule has 1 fully saturated rings. The normalized spacial score (nSPS) is 28.9. The molecule has 3 aliphatic rings. The number of nitrogens with one attached hydrogen (secondary N) is 1. The van der Waals surface area contributed by atoms with Gasteiger partial charge in [-0.05, 0) is 31.0 Å². The number of benzene rings is 1. The third-order valence-electron chi connectivity index (χ3n) is 3.73. The maximum Gasteiger partial charge on any atom is 0.0612 e. The standard InChI is InChI=1S/C14H16Cl2N2/c15-13-6-5-11(7-14(13)16)18-9-10-3-1-2-4-12(18)8-17-10/h1-2,5-7,10,12,17H,3-4,8-9H2/b2-1-. The number of hydrogen-bond acceptors (Lipinski definition) is 2. The van der Waals surface area contributed by atoms with Crippen molar-refractivity contribution in [2.45, 2.75) is 24.9 Å². The van der Waals surface area contributed by atoms with E-state index in [1.54, 1.807) is 0 Å². The van der Waals surface area contributed by atoms with E-state index >= 15 is 0 Å². The summed E-state index contributed by atoms with van der Waals surface area (Å²) in [5, 5.41) is 4.85. The van der Waals surface area contributed by atoms with E-state index in [0.29, 0.717) is 22.1 Å². The first-order valence-electron chi connectivity index (χ1n) is 6.34. The van der Waals surface area contributed by atoms with E-state index in [1.807, 2.05) is 12.1 Å². The summed E-state index contributed by atoms with van der Waals surface area (Å²) in [6.45, 7) is 2.07. The van der Waals surface area contributed by atoms with E-state index in [2.05, 4.69) is 28.4 Å². The molecule has 2 nitrogen and oxygen atoms in total. The highest BCUT2D eigenvalue weighted by atomic mass is 35.5. The zero-order valence-electron chi connectivity index (χ0n) is 10.1. The maximum atomic E-state index is 6.12. The van der Waals surface area contributed by atoms with Gasteiger partial charge in [0.25, 0.3) is 0 Å². The van der Waals surface area contributed by atoms with Crippen LogP contribution in [-0.4, -0.2) is 25.2 Å². The van der Waals surface area contributed by atoms with Gasteiger partial charge in [0, 0.05) is 30.9 Å². The van der Waals surface area contributed by atoms with E-state index in [4.69, 9.17) is 23.2 Å². The van der Waals surface area contributed by atoms with Gasteiger partial charge in [-0.3, -0.25) is 0 Å². The van der Waals surface area contributed by atoms with Gasteiger partial charge in [-0.15, -0.1) is 0 Å². The van der Waals surface area contributed by atoms with Gasteiger partial charge >= 0.3 is 0 Å². The van der Waals surface area contributed by atoms with Crippen LogP contribution in [0.25, 0.3) is 0 Å². The minimum Gasteiger partial charge on any atom is -0.365 e. The maximum absolute atomic E-state index is 6.12. The Hall–Kier alpha value is -0.700. The molecule has 0 radical (unpaired) electrons. The number of piperazine rings is 1. The van der Waals surface area contributed by atoms with Crippen LogP contribution in [0.15, 0.2) is 30.4 Å². The highest BCUT2D eigenvalue weighted by molar-refractivity contribution is 6.42. The molecule has 4 heteroatoms. The lowest BCUT2D eigenvalue weighted by Crippen LogP contribution is -2.57. The molecule has 96 valence electrons. The second-order valence-electron chi connectivity index (χ2n) is 4.95. The van der Waals surface area contributed by atoms with Crippen molar-refractivity contribution in [1.82, 2.24) is 5.32 Å². The average Bonchev–Trinajstić information content (AvgIpc) is 2.33. The van der Waals surface area contributed by atoms with Crippen LogP contribution in [0, 0.1) is 0 Å². The fourth-order valence-electron chi connectivity index (χ4n) is 2.73. The number of nitrogens with zero attached hydrogens (tertiary/aromatic N) is 1. The Morgan fingerprint density at radius 3 is 2.78 bits per heavy atom. The number of halogens is 2. The Balaban J connectivity index is 1.90. The Labute approximate surface area is 118 Å². The van der Waals surface area contributed by atoms with E-state index in [1.165, 1.54) is 5.69 Å². The summed E-state index contributed by atoms with van der Waals surface area (Å²) in [6, 6.07) is 6.97. The lowest BCUT2D eigenvalue weighted by Gasteiger charge is -2.42. The first kappa shape index (κ1) is 12.3. The average molecular weight is 283 g/mol. The number of fused-ring (bicyclic) bond motifs is 4. The van der Waals surface area contributed by atoms with Gasteiger partial charge in [0.2, 0.25) is 0 Å². The lowest BCUT2D eigenvalue weighted by atomic mass is 9.99. The summed E-state index contributed by atoms with van der Waals surface area (Å²) in [5.41, 5.74) is 1.18. The fourth-order valence-corrected chi connectivity index (χ4v) is 3.02. The molecule has 1 aromatic rings. The number of anilines is 1. The smallest absolute Gasteiger partial charge is 0.0612 e. The van der Waals surface area contributed by atoms with Crippen LogP contribution in [0.1, 0.15) is 12.8 Å². The topological polar surface area (TPSA) is 15.3 Å². The molecule has 1 N–H and O–H groups in total. The minimum atomic E-state index is 0.509. The van der Waals surface area contributed by atoms with E-state index < -0.39 is 0 Å². The Morgan fingerprint density at radius 2 is 1.94 bits per heavy atom. The fraction of sp³-hybridized carbons (Fsp3) is 0.429. The molecule has 0 saturated carbocycles. The molecule has 4 rings (SSSR count). The van der Waals surface area contributed by atoms with Gasteiger partial charge in [0.05, 0.1) is 10.0 Å². The summed E-state index contributed by atoms with van der Waals surface area (Å²) < 4.78 is 0. The second-order valence-corrected chi connectivity index (χ2v) is 5.77. The largest absolute Gasteiger partial charge is 0.365 e. The Morgan fingerprint density at radius 1 is 1.11 bits per heavy atom. The molecule has 1 saturated heterocycles. The number of hydrogen-bond donors (Lipinski definition) is 1. The Bertz CT molecular complexity index is 473. The molecule has 0 amide bonds. The molecule has 18 heavy (non-hydrogen) atoms. The van der Waals surface area contributed by atoms with Crippen molar-refractivity contribution >= 4 is 28.9 Å². The van der Waals surface area contributed by atoms with Gasteiger partial charge in [0.15, 0.2) is 0 Å². The monoisotopic (exact) mass is 282 g/mol. The van der Waals surface area contributed by atoms with Crippen molar-refractivity contribution in [2.75, 3.05) is 18.0 Å². The van der Waals surface area contributed by atoms with E-state index in [-0.39, 0.29) is 0 Å². The van der Waals surface area contributed by atoms with Crippen molar-refractivity contribution < 1.29 is 0 Å².